The highest BCUT2D eigenvalue weighted by atomic mass is 32.2. The molecule has 1 aromatic rings. The van der Waals surface area contributed by atoms with E-state index >= 15 is 0 Å². The zero-order valence-corrected chi connectivity index (χ0v) is 13.2. The van der Waals surface area contributed by atoms with Gasteiger partial charge in [0.1, 0.15) is 11.8 Å². The summed E-state index contributed by atoms with van der Waals surface area (Å²) in [6, 6.07) is 7.70. The molecule has 0 bridgehead atoms. The van der Waals surface area contributed by atoms with Gasteiger partial charge in [-0.3, -0.25) is 4.79 Å². The predicted molar refractivity (Wildman–Crippen MR) is 82.4 cm³/mol. The SMILES string of the molecule is CCNC(CCSc1cccc(OC)c1)C(=O)OCC. The normalized spacial score (nSPS) is 11.9. The summed E-state index contributed by atoms with van der Waals surface area (Å²) >= 11 is 1.71. The number of likely N-dealkylation sites (N-methyl/N-ethyl adjacent to an activating group) is 1. The molecule has 0 radical (unpaired) electrons. The third kappa shape index (κ3) is 5.84. The van der Waals surface area contributed by atoms with Crippen LogP contribution in [-0.4, -0.2) is 38.0 Å². The molecule has 0 heterocycles. The molecule has 0 amide bonds. The maximum atomic E-state index is 11.8. The van der Waals surface area contributed by atoms with Crippen molar-refractivity contribution in [2.45, 2.75) is 31.2 Å². The molecular formula is C15H23NO3S. The van der Waals surface area contributed by atoms with Crippen molar-refractivity contribution in [1.29, 1.82) is 0 Å². The molecule has 1 atom stereocenters. The number of rotatable bonds is 9. The minimum atomic E-state index is -0.224. The second-order valence-electron chi connectivity index (χ2n) is 4.18. The van der Waals surface area contributed by atoms with Crippen LogP contribution in [0.25, 0.3) is 0 Å². The summed E-state index contributed by atoms with van der Waals surface area (Å²) in [7, 11) is 1.66. The van der Waals surface area contributed by atoms with Crippen LogP contribution in [0.3, 0.4) is 0 Å². The molecule has 20 heavy (non-hydrogen) atoms. The van der Waals surface area contributed by atoms with Gasteiger partial charge in [0.2, 0.25) is 0 Å². The zero-order chi connectivity index (χ0) is 14.8. The Kier molecular flexibility index (Phi) is 8.14. The molecule has 0 aliphatic rings. The number of thioether (sulfide) groups is 1. The summed E-state index contributed by atoms with van der Waals surface area (Å²) in [5.41, 5.74) is 0. The second-order valence-corrected chi connectivity index (χ2v) is 5.35. The van der Waals surface area contributed by atoms with Gasteiger partial charge in [-0.25, -0.2) is 0 Å². The fourth-order valence-corrected chi connectivity index (χ4v) is 2.74. The van der Waals surface area contributed by atoms with Gasteiger partial charge in [-0.15, -0.1) is 11.8 Å². The molecule has 112 valence electrons. The van der Waals surface area contributed by atoms with Crippen molar-refractivity contribution in [3.05, 3.63) is 24.3 Å². The lowest BCUT2D eigenvalue weighted by Crippen LogP contribution is -2.38. The molecule has 0 spiro atoms. The minimum absolute atomic E-state index is 0.166. The van der Waals surface area contributed by atoms with Crippen LogP contribution in [0.2, 0.25) is 0 Å². The van der Waals surface area contributed by atoms with E-state index in [0.29, 0.717) is 6.61 Å². The smallest absolute Gasteiger partial charge is 0.323 e. The molecule has 4 nitrogen and oxygen atoms in total. The molecular weight excluding hydrogens is 274 g/mol. The summed E-state index contributed by atoms with van der Waals surface area (Å²) in [5.74, 6) is 1.54. The van der Waals surface area contributed by atoms with E-state index < -0.39 is 0 Å². The van der Waals surface area contributed by atoms with Gasteiger partial charge in [0.15, 0.2) is 0 Å². The average molecular weight is 297 g/mol. The third-order valence-corrected chi connectivity index (χ3v) is 3.77. The summed E-state index contributed by atoms with van der Waals surface area (Å²) in [6.07, 6.45) is 0.745. The number of hydrogen-bond donors (Lipinski definition) is 1. The fourth-order valence-electron chi connectivity index (χ4n) is 1.78. The first-order valence-corrected chi connectivity index (χ1v) is 7.86. The first-order chi connectivity index (χ1) is 9.71. The lowest BCUT2D eigenvalue weighted by molar-refractivity contribution is -0.145. The van der Waals surface area contributed by atoms with Crippen molar-refractivity contribution in [2.24, 2.45) is 0 Å². The maximum Gasteiger partial charge on any atom is 0.323 e. The van der Waals surface area contributed by atoms with Crippen molar-refractivity contribution in [3.63, 3.8) is 0 Å². The van der Waals surface area contributed by atoms with Crippen LogP contribution in [0.4, 0.5) is 0 Å². The Morgan fingerprint density at radius 2 is 2.20 bits per heavy atom. The number of hydrogen-bond acceptors (Lipinski definition) is 5. The van der Waals surface area contributed by atoms with Crippen LogP contribution in [0.1, 0.15) is 20.3 Å². The van der Waals surface area contributed by atoms with E-state index in [-0.39, 0.29) is 12.0 Å². The highest BCUT2D eigenvalue weighted by Crippen LogP contribution is 2.23. The van der Waals surface area contributed by atoms with Gasteiger partial charge in [0, 0.05) is 10.6 Å². The van der Waals surface area contributed by atoms with Gasteiger partial charge >= 0.3 is 5.97 Å². The van der Waals surface area contributed by atoms with Crippen LogP contribution >= 0.6 is 11.8 Å². The summed E-state index contributed by atoms with van der Waals surface area (Å²) < 4.78 is 10.3. The lowest BCUT2D eigenvalue weighted by atomic mass is 10.2. The summed E-state index contributed by atoms with van der Waals surface area (Å²) in [4.78, 5) is 12.9. The monoisotopic (exact) mass is 297 g/mol. The minimum Gasteiger partial charge on any atom is -0.497 e. The van der Waals surface area contributed by atoms with Crippen LogP contribution in [0.5, 0.6) is 5.75 Å². The van der Waals surface area contributed by atoms with E-state index in [9.17, 15) is 4.79 Å². The van der Waals surface area contributed by atoms with Gasteiger partial charge < -0.3 is 14.8 Å². The van der Waals surface area contributed by atoms with E-state index in [1.54, 1.807) is 18.9 Å². The largest absolute Gasteiger partial charge is 0.497 e. The number of ether oxygens (including phenoxy) is 2. The molecule has 1 N–H and O–H groups in total. The van der Waals surface area contributed by atoms with Gasteiger partial charge in [-0.05, 0) is 38.1 Å². The number of esters is 1. The van der Waals surface area contributed by atoms with Crippen molar-refractivity contribution >= 4 is 17.7 Å². The molecule has 5 heteroatoms. The van der Waals surface area contributed by atoms with Crippen molar-refractivity contribution in [3.8, 4) is 5.75 Å². The standard InChI is InChI=1S/C15H23NO3S/c1-4-16-14(15(17)19-5-2)9-10-20-13-8-6-7-12(11-13)18-3/h6-8,11,14,16H,4-5,9-10H2,1-3H3. The average Bonchev–Trinajstić information content (AvgIpc) is 2.47. The number of nitrogens with one attached hydrogen (secondary N) is 1. The van der Waals surface area contributed by atoms with Crippen molar-refractivity contribution in [1.82, 2.24) is 5.32 Å². The molecule has 0 fully saturated rings. The van der Waals surface area contributed by atoms with E-state index in [0.717, 1.165) is 29.4 Å². The molecule has 1 aromatic carbocycles. The molecule has 0 aromatic heterocycles. The Balaban J connectivity index is 2.44. The van der Waals surface area contributed by atoms with Gasteiger partial charge in [0.05, 0.1) is 13.7 Å². The molecule has 0 saturated carbocycles. The van der Waals surface area contributed by atoms with Gasteiger partial charge in [0.25, 0.3) is 0 Å². The molecule has 1 unspecified atom stereocenters. The van der Waals surface area contributed by atoms with E-state index in [2.05, 4.69) is 5.32 Å². The highest BCUT2D eigenvalue weighted by Gasteiger charge is 2.17. The Morgan fingerprint density at radius 1 is 1.40 bits per heavy atom. The highest BCUT2D eigenvalue weighted by molar-refractivity contribution is 7.99. The van der Waals surface area contributed by atoms with Crippen LogP contribution in [-0.2, 0) is 9.53 Å². The molecule has 0 aliphatic carbocycles. The first-order valence-electron chi connectivity index (χ1n) is 6.88. The zero-order valence-electron chi connectivity index (χ0n) is 12.3. The lowest BCUT2D eigenvalue weighted by Gasteiger charge is -2.15. The van der Waals surface area contributed by atoms with Gasteiger partial charge in [-0.2, -0.15) is 0 Å². The number of benzene rings is 1. The Hall–Kier alpha value is -1.20. The third-order valence-electron chi connectivity index (χ3n) is 2.74. The Bertz CT molecular complexity index is 412. The number of carbonyl (C=O) groups is 1. The van der Waals surface area contributed by atoms with Crippen LogP contribution in [0, 0.1) is 0 Å². The van der Waals surface area contributed by atoms with E-state index in [4.69, 9.17) is 9.47 Å². The maximum absolute atomic E-state index is 11.8. The Morgan fingerprint density at radius 3 is 2.85 bits per heavy atom. The quantitative estimate of drug-likeness (QED) is 0.561. The predicted octanol–water partition coefficient (Wildman–Crippen LogP) is 2.72. The number of methoxy groups -OCH3 is 1. The Labute approximate surface area is 125 Å². The topological polar surface area (TPSA) is 47.6 Å². The van der Waals surface area contributed by atoms with E-state index in [1.807, 2.05) is 38.1 Å². The fraction of sp³-hybridized carbons (Fsp3) is 0.533. The van der Waals surface area contributed by atoms with Crippen LogP contribution < -0.4 is 10.1 Å². The second kappa shape index (κ2) is 9.66. The van der Waals surface area contributed by atoms with Gasteiger partial charge in [-0.1, -0.05) is 13.0 Å². The molecule has 1 rings (SSSR count). The first kappa shape index (κ1) is 16.9. The van der Waals surface area contributed by atoms with Crippen molar-refractivity contribution in [2.75, 3.05) is 26.0 Å². The van der Waals surface area contributed by atoms with Crippen molar-refractivity contribution < 1.29 is 14.3 Å². The summed E-state index contributed by atoms with van der Waals surface area (Å²) in [5, 5.41) is 3.16. The molecule has 0 saturated heterocycles. The van der Waals surface area contributed by atoms with Crippen LogP contribution in [0.15, 0.2) is 29.2 Å². The molecule has 0 aliphatic heterocycles. The number of carbonyl (C=O) groups excluding carboxylic acids is 1. The van der Waals surface area contributed by atoms with E-state index in [1.165, 1.54) is 0 Å². The summed E-state index contributed by atoms with van der Waals surface area (Å²) in [6.45, 7) is 4.99.